The molecule has 0 N–H and O–H groups in total. The van der Waals surface area contributed by atoms with Crippen LogP contribution in [0.2, 0.25) is 0 Å². The molecule has 0 atom stereocenters. The Bertz CT molecular complexity index is 9.61. The molecule has 0 saturated carbocycles. The molecule has 0 amide bonds. The van der Waals surface area contributed by atoms with E-state index in [1.165, 1.54) is 0 Å². The minimum Gasteiger partial charge on any atom is -0.0149 e. The monoisotopic (exact) mass is 292 g/mol. The minimum absolute atomic E-state index is 0. The second-order valence-corrected chi connectivity index (χ2v) is 7.25. The van der Waals surface area contributed by atoms with E-state index in [1.54, 1.807) is 17.0 Å². The molecule has 0 fully saturated rings. The second-order valence-electron chi connectivity index (χ2n) is 0.136. The summed E-state index contributed by atoms with van der Waals surface area (Å²) in [6.07, 6.45) is 0. The van der Waals surface area contributed by atoms with Crippen LogP contribution in [0.4, 0.5) is 0 Å². The van der Waals surface area contributed by atoms with Gasteiger partial charge in [-0.05, 0) is 11.0 Å². The Morgan fingerprint density at radius 1 is 1.00 bits per heavy atom. The zero-order chi connectivity index (χ0) is 3.41. The smallest absolute Gasteiger partial charge is 0.0149 e. The summed E-state index contributed by atoms with van der Waals surface area (Å²) in [6.45, 7) is 0. The SMILES string of the molecule is [Mo][S][S][Mo].[SiH4]. The number of hydrogen-bond acceptors (Lipinski definition) is 2. The molecule has 0 aliphatic carbocycles. The summed E-state index contributed by atoms with van der Waals surface area (Å²) in [5.41, 5.74) is 0. The Hall–Kier alpha value is 2.29. The van der Waals surface area contributed by atoms with Crippen molar-refractivity contribution in [3.05, 3.63) is 0 Å². The van der Waals surface area contributed by atoms with Crippen LogP contribution in [0.15, 0.2) is 0 Å². The molecular formula is H4Mo2S2Si. The molecule has 0 radical (unpaired) electrons. The predicted molar refractivity (Wildman–Crippen MR) is 26.5 cm³/mol. The van der Waals surface area contributed by atoms with Gasteiger partial charge in [0.15, 0.2) is 0 Å². The van der Waals surface area contributed by atoms with Crippen LogP contribution in [-0.4, -0.2) is 11.0 Å². The van der Waals surface area contributed by atoms with Crippen molar-refractivity contribution < 1.29 is 37.1 Å². The van der Waals surface area contributed by atoms with Crippen LogP contribution in [-0.2, 0) is 37.1 Å². The van der Waals surface area contributed by atoms with E-state index in [9.17, 15) is 0 Å². The summed E-state index contributed by atoms with van der Waals surface area (Å²) in [6, 6.07) is 0. The van der Waals surface area contributed by atoms with Crippen LogP contribution in [0.3, 0.4) is 0 Å². The average Bonchev–Trinajstić information content (AvgIpc) is 1.37. The van der Waals surface area contributed by atoms with E-state index < -0.39 is 0 Å². The third-order valence-electron chi connectivity index (χ3n) is 0.0278. The van der Waals surface area contributed by atoms with E-state index in [-0.39, 0.29) is 11.0 Å². The van der Waals surface area contributed by atoms with Gasteiger partial charge in [-0.15, -0.1) is 0 Å². The van der Waals surface area contributed by atoms with E-state index >= 15 is 0 Å². The number of hydrogen-bond donors (Lipinski definition) is 0. The standard InChI is InChI=1S/2Mo.S2.H4Si/c;;1-2;/h;;;1H4/q2*+1;-2;. The van der Waals surface area contributed by atoms with Crippen molar-refractivity contribution in [2.45, 2.75) is 0 Å². The van der Waals surface area contributed by atoms with Crippen molar-refractivity contribution in [3.8, 4) is 0 Å². The first-order valence-corrected chi connectivity index (χ1v) is 7.42. The van der Waals surface area contributed by atoms with Gasteiger partial charge in [0.05, 0.1) is 0 Å². The number of rotatable bonds is 1. The second kappa shape index (κ2) is 9.57. The van der Waals surface area contributed by atoms with E-state index in [2.05, 4.69) is 0 Å². The topological polar surface area (TPSA) is 0 Å². The fraction of sp³-hybridized carbons (Fsp3) is 0. The Labute approximate surface area is 64.3 Å². The maximum atomic E-state index is 2.01. The Kier molecular flexibility index (Phi) is 19.7. The molecule has 0 saturated heterocycles. The third-order valence-corrected chi connectivity index (χ3v) is 8.75. The van der Waals surface area contributed by atoms with Gasteiger partial charge >= 0.3 is 54.1 Å². The largest absolute Gasteiger partial charge is 0.0149 e. The summed E-state index contributed by atoms with van der Waals surface area (Å²) < 4.78 is 0. The normalized spacial score (nSPS) is 5.60. The summed E-state index contributed by atoms with van der Waals surface area (Å²) in [5.74, 6) is 0. The molecule has 0 aromatic heterocycles. The summed E-state index contributed by atoms with van der Waals surface area (Å²) in [7, 11) is 3.58. The van der Waals surface area contributed by atoms with Gasteiger partial charge < -0.3 is 0 Å². The predicted octanol–water partition coefficient (Wildman–Crippen LogP) is -0.160. The first-order chi connectivity index (χ1) is 1.91. The molecule has 0 rings (SSSR count). The van der Waals surface area contributed by atoms with Crippen molar-refractivity contribution >= 4 is 28.0 Å². The van der Waals surface area contributed by atoms with Gasteiger partial charge in [0.25, 0.3) is 0 Å². The average molecular weight is 288 g/mol. The van der Waals surface area contributed by atoms with Gasteiger partial charge in [-0.1, -0.05) is 0 Å². The van der Waals surface area contributed by atoms with E-state index in [0.29, 0.717) is 0 Å². The first kappa shape index (κ1) is 10.3. The molecule has 32 valence electrons. The van der Waals surface area contributed by atoms with Crippen molar-refractivity contribution in [2.24, 2.45) is 0 Å². The summed E-state index contributed by atoms with van der Waals surface area (Å²) in [4.78, 5) is 0. The van der Waals surface area contributed by atoms with Crippen LogP contribution >= 0.6 is 17.0 Å². The molecule has 0 aromatic rings. The van der Waals surface area contributed by atoms with Gasteiger partial charge in [0, 0.05) is 0 Å². The van der Waals surface area contributed by atoms with E-state index in [0.717, 1.165) is 0 Å². The third kappa shape index (κ3) is 10.7. The Morgan fingerprint density at radius 3 is 1.20 bits per heavy atom. The van der Waals surface area contributed by atoms with Crippen LogP contribution in [0.25, 0.3) is 0 Å². The Morgan fingerprint density at radius 2 is 1.20 bits per heavy atom. The molecule has 0 aromatic carbocycles. The quantitative estimate of drug-likeness (QED) is 0.486. The molecule has 0 spiro atoms. The van der Waals surface area contributed by atoms with Gasteiger partial charge in [0.2, 0.25) is 0 Å². The van der Waals surface area contributed by atoms with Crippen molar-refractivity contribution in [1.29, 1.82) is 0 Å². The molecule has 0 aliphatic heterocycles. The summed E-state index contributed by atoms with van der Waals surface area (Å²) in [5, 5.41) is 0. The van der Waals surface area contributed by atoms with E-state index in [4.69, 9.17) is 0 Å². The molecule has 0 nitrogen and oxygen atoms in total. The zero-order valence-corrected chi connectivity index (χ0v) is 7.28. The van der Waals surface area contributed by atoms with E-state index in [1.807, 2.05) is 37.1 Å². The molecule has 0 unspecified atom stereocenters. The molecule has 0 heterocycles. The van der Waals surface area contributed by atoms with Crippen LogP contribution < -0.4 is 0 Å². The van der Waals surface area contributed by atoms with Gasteiger partial charge in [0.1, 0.15) is 0 Å². The first-order valence-electron chi connectivity index (χ1n) is 0.500. The summed E-state index contributed by atoms with van der Waals surface area (Å²) >= 11 is 4.01. The van der Waals surface area contributed by atoms with Crippen molar-refractivity contribution in [2.75, 3.05) is 0 Å². The van der Waals surface area contributed by atoms with Crippen LogP contribution in [0.1, 0.15) is 0 Å². The fourth-order valence-corrected chi connectivity index (χ4v) is 0. The maximum Gasteiger partial charge on any atom is -0.0149 e. The Balaban J connectivity index is 0. The molecule has 0 aliphatic rings. The van der Waals surface area contributed by atoms with Crippen molar-refractivity contribution in [1.82, 2.24) is 0 Å². The molecule has 0 bridgehead atoms. The van der Waals surface area contributed by atoms with Gasteiger partial charge in [-0.2, -0.15) is 0 Å². The van der Waals surface area contributed by atoms with Crippen molar-refractivity contribution in [3.63, 3.8) is 0 Å². The molecule has 5 heavy (non-hydrogen) atoms. The van der Waals surface area contributed by atoms with Gasteiger partial charge in [-0.25, -0.2) is 0 Å². The maximum absolute atomic E-state index is 2.01. The zero-order valence-electron chi connectivity index (χ0n) is 1.63. The van der Waals surface area contributed by atoms with Crippen LogP contribution in [0.5, 0.6) is 0 Å². The van der Waals surface area contributed by atoms with Crippen LogP contribution in [0, 0.1) is 0 Å². The molecule has 5 heteroatoms. The fourth-order valence-electron chi connectivity index (χ4n) is 0. The van der Waals surface area contributed by atoms with Gasteiger partial charge in [-0.3, -0.25) is 0 Å². The molecular weight excluding hydrogens is 284 g/mol. The minimum atomic E-state index is 0.